The predicted octanol–water partition coefficient (Wildman–Crippen LogP) is 2.31. The molecule has 1 N–H and O–H groups in total. The monoisotopic (exact) mass is 297 g/mol. The zero-order valence-electron chi connectivity index (χ0n) is 11.7. The predicted molar refractivity (Wildman–Crippen MR) is 74.3 cm³/mol. The Morgan fingerprint density at radius 3 is 2.86 bits per heavy atom. The molecule has 3 unspecified atom stereocenters. The van der Waals surface area contributed by atoms with Gasteiger partial charge in [0, 0.05) is 37.8 Å². The molecule has 0 radical (unpaired) electrons. The molecule has 21 heavy (non-hydrogen) atoms. The van der Waals surface area contributed by atoms with Crippen molar-refractivity contribution in [1.82, 2.24) is 5.32 Å². The summed E-state index contributed by atoms with van der Waals surface area (Å²) < 4.78 is 27.4. The summed E-state index contributed by atoms with van der Waals surface area (Å²) >= 11 is 0. The van der Waals surface area contributed by atoms with Gasteiger partial charge in [0.25, 0.3) is 0 Å². The van der Waals surface area contributed by atoms with Crippen LogP contribution in [-0.2, 0) is 0 Å². The van der Waals surface area contributed by atoms with Crippen LogP contribution in [0.15, 0.2) is 12.1 Å². The van der Waals surface area contributed by atoms with Crippen molar-refractivity contribution >= 4 is 11.4 Å². The molecular formula is C14H17F2N3O2. The number of halogens is 2. The summed E-state index contributed by atoms with van der Waals surface area (Å²) in [5.41, 5.74) is -0.554. The molecule has 0 spiro atoms. The van der Waals surface area contributed by atoms with Crippen LogP contribution in [0, 0.1) is 33.6 Å². The SMILES string of the molecule is CCC1C2CNCC2CN1c1cc(F)cc(F)c1[N+](=O)[O-]. The molecule has 3 rings (SSSR count). The van der Waals surface area contributed by atoms with Crippen LogP contribution in [0.4, 0.5) is 20.2 Å². The lowest BCUT2D eigenvalue weighted by atomic mass is 9.93. The van der Waals surface area contributed by atoms with Crippen molar-refractivity contribution in [2.45, 2.75) is 19.4 Å². The van der Waals surface area contributed by atoms with E-state index < -0.39 is 22.2 Å². The topological polar surface area (TPSA) is 58.4 Å². The molecule has 114 valence electrons. The van der Waals surface area contributed by atoms with Crippen LogP contribution >= 0.6 is 0 Å². The van der Waals surface area contributed by atoms with Gasteiger partial charge in [-0.15, -0.1) is 0 Å². The van der Waals surface area contributed by atoms with Crippen molar-refractivity contribution in [1.29, 1.82) is 0 Å². The largest absolute Gasteiger partial charge is 0.362 e. The van der Waals surface area contributed by atoms with Gasteiger partial charge in [0.1, 0.15) is 11.5 Å². The first-order valence-corrected chi connectivity index (χ1v) is 7.13. The third-order valence-corrected chi connectivity index (χ3v) is 4.64. The molecule has 2 aliphatic rings. The van der Waals surface area contributed by atoms with Crippen LogP contribution in [0.5, 0.6) is 0 Å². The molecule has 0 aromatic heterocycles. The van der Waals surface area contributed by atoms with Gasteiger partial charge in [-0.3, -0.25) is 10.1 Å². The fourth-order valence-electron chi connectivity index (χ4n) is 3.77. The first-order chi connectivity index (χ1) is 10.0. The number of benzene rings is 1. The van der Waals surface area contributed by atoms with Crippen LogP contribution in [0.1, 0.15) is 13.3 Å². The molecule has 5 nitrogen and oxygen atoms in total. The Kier molecular flexibility index (Phi) is 3.52. The van der Waals surface area contributed by atoms with Crippen molar-refractivity contribution in [3.05, 3.63) is 33.9 Å². The van der Waals surface area contributed by atoms with Crippen molar-refractivity contribution < 1.29 is 13.7 Å². The minimum absolute atomic E-state index is 0.0683. The molecular weight excluding hydrogens is 280 g/mol. The highest BCUT2D eigenvalue weighted by molar-refractivity contribution is 5.65. The number of nitro groups is 1. The van der Waals surface area contributed by atoms with E-state index in [0.717, 1.165) is 25.6 Å². The van der Waals surface area contributed by atoms with Crippen molar-refractivity contribution in [2.24, 2.45) is 11.8 Å². The maximum absolute atomic E-state index is 13.8. The molecule has 2 fully saturated rings. The van der Waals surface area contributed by atoms with Gasteiger partial charge < -0.3 is 10.2 Å². The lowest BCUT2D eigenvalue weighted by Crippen LogP contribution is -2.35. The number of nitrogens with zero attached hydrogens (tertiary/aromatic N) is 2. The summed E-state index contributed by atoms with van der Waals surface area (Å²) in [6.45, 7) is 4.30. The number of rotatable bonds is 3. The van der Waals surface area contributed by atoms with Gasteiger partial charge in [0.2, 0.25) is 5.82 Å². The number of hydrogen-bond donors (Lipinski definition) is 1. The summed E-state index contributed by atoms with van der Waals surface area (Å²) in [5.74, 6) is -1.14. The highest BCUT2D eigenvalue weighted by Gasteiger charge is 2.45. The van der Waals surface area contributed by atoms with E-state index in [1.54, 1.807) is 0 Å². The number of anilines is 1. The maximum atomic E-state index is 13.8. The molecule has 0 amide bonds. The highest BCUT2D eigenvalue weighted by Crippen LogP contribution is 2.42. The molecule has 0 saturated carbocycles. The standard InChI is InChI=1S/C14H17F2N3O2/c1-2-12-10-6-17-5-8(10)7-18(12)13-4-9(15)3-11(16)14(13)19(20)21/h3-4,8,10,12,17H,2,5-7H2,1H3. The number of nitro benzene ring substituents is 1. The van der Waals surface area contributed by atoms with E-state index in [1.807, 2.05) is 11.8 Å². The van der Waals surface area contributed by atoms with E-state index in [1.165, 1.54) is 0 Å². The van der Waals surface area contributed by atoms with E-state index in [9.17, 15) is 18.9 Å². The quantitative estimate of drug-likeness (QED) is 0.687. The van der Waals surface area contributed by atoms with Crippen LogP contribution in [0.2, 0.25) is 0 Å². The van der Waals surface area contributed by atoms with Crippen LogP contribution in [0.25, 0.3) is 0 Å². The average molecular weight is 297 g/mol. The molecule has 2 heterocycles. The van der Waals surface area contributed by atoms with Gasteiger partial charge in [-0.1, -0.05) is 6.92 Å². The number of hydrogen-bond acceptors (Lipinski definition) is 4. The summed E-state index contributed by atoms with van der Waals surface area (Å²) in [6, 6.07) is 1.73. The van der Waals surface area contributed by atoms with E-state index in [4.69, 9.17) is 0 Å². The molecule has 3 atom stereocenters. The Balaban J connectivity index is 2.05. The smallest absolute Gasteiger partial charge is 0.328 e. The van der Waals surface area contributed by atoms with Gasteiger partial charge >= 0.3 is 5.69 Å². The average Bonchev–Trinajstić information content (AvgIpc) is 2.96. The Labute approximate surface area is 121 Å². The minimum atomic E-state index is -1.11. The molecule has 2 aliphatic heterocycles. The summed E-state index contributed by atoms with van der Waals surface area (Å²) in [5, 5.41) is 14.5. The van der Waals surface area contributed by atoms with E-state index >= 15 is 0 Å². The molecule has 2 saturated heterocycles. The molecule has 0 bridgehead atoms. The van der Waals surface area contributed by atoms with E-state index in [2.05, 4.69) is 5.32 Å². The minimum Gasteiger partial charge on any atom is -0.362 e. The van der Waals surface area contributed by atoms with Gasteiger partial charge in [-0.05, 0) is 18.3 Å². The fourth-order valence-corrected chi connectivity index (χ4v) is 3.77. The third kappa shape index (κ3) is 2.25. The fraction of sp³-hybridized carbons (Fsp3) is 0.571. The molecule has 1 aromatic rings. The second-order valence-electron chi connectivity index (χ2n) is 5.72. The second-order valence-corrected chi connectivity index (χ2v) is 5.72. The Bertz CT molecular complexity index is 582. The van der Waals surface area contributed by atoms with E-state index in [0.29, 0.717) is 24.4 Å². The summed E-state index contributed by atoms with van der Waals surface area (Å²) in [4.78, 5) is 12.2. The zero-order chi connectivity index (χ0) is 15.1. The van der Waals surface area contributed by atoms with Gasteiger partial charge in [0.15, 0.2) is 0 Å². The van der Waals surface area contributed by atoms with Gasteiger partial charge in [-0.25, -0.2) is 4.39 Å². The van der Waals surface area contributed by atoms with Crippen molar-refractivity contribution in [3.63, 3.8) is 0 Å². The molecule has 1 aromatic carbocycles. The summed E-state index contributed by atoms with van der Waals surface area (Å²) in [7, 11) is 0. The van der Waals surface area contributed by atoms with Gasteiger partial charge in [0.05, 0.1) is 4.92 Å². The second kappa shape index (κ2) is 5.22. The van der Waals surface area contributed by atoms with Crippen LogP contribution in [-0.4, -0.2) is 30.6 Å². The number of nitrogens with one attached hydrogen (secondary N) is 1. The van der Waals surface area contributed by atoms with Crippen molar-refractivity contribution in [2.75, 3.05) is 24.5 Å². The first kappa shape index (κ1) is 14.2. The number of fused-ring (bicyclic) bond motifs is 1. The third-order valence-electron chi connectivity index (χ3n) is 4.64. The van der Waals surface area contributed by atoms with Gasteiger partial charge in [-0.2, -0.15) is 4.39 Å². The Morgan fingerprint density at radius 1 is 1.43 bits per heavy atom. The van der Waals surface area contributed by atoms with Crippen molar-refractivity contribution in [3.8, 4) is 0 Å². The Morgan fingerprint density at radius 2 is 2.19 bits per heavy atom. The lowest BCUT2D eigenvalue weighted by Gasteiger charge is -2.28. The summed E-state index contributed by atoms with van der Waals surface area (Å²) in [6.07, 6.45) is 0.790. The Hall–Kier alpha value is -1.76. The van der Waals surface area contributed by atoms with Crippen LogP contribution in [0.3, 0.4) is 0 Å². The van der Waals surface area contributed by atoms with E-state index in [-0.39, 0.29) is 11.7 Å². The zero-order valence-corrected chi connectivity index (χ0v) is 11.7. The normalized spacial score (nSPS) is 28.0. The molecule has 0 aliphatic carbocycles. The lowest BCUT2D eigenvalue weighted by molar-refractivity contribution is -0.386. The van der Waals surface area contributed by atoms with Crippen LogP contribution < -0.4 is 10.2 Å². The maximum Gasteiger partial charge on any atom is 0.328 e. The highest BCUT2D eigenvalue weighted by atomic mass is 19.1. The molecule has 7 heteroatoms. The first-order valence-electron chi connectivity index (χ1n) is 7.13.